The second-order valence-electron chi connectivity index (χ2n) is 4.99. The molecule has 2 aliphatic rings. The van der Waals surface area contributed by atoms with Gasteiger partial charge in [-0.25, -0.2) is 14.8 Å². The van der Waals surface area contributed by atoms with E-state index in [0.717, 1.165) is 13.0 Å². The van der Waals surface area contributed by atoms with E-state index >= 15 is 0 Å². The van der Waals surface area contributed by atoms with Gasteiger partial charge in [0.2, 0.25) is 0 Å². The molecule has 19 heavy (non-hydrogen) atoms. The van der Waals surface area contributed by atoms with Gasteiger partial charge in [0, 0.05) is 12.8 Å². The summed E-state index contributed by atoms with van der Waals surface area (Å²) in [4.78, 5) is 19.7. The van der Waals surface area contributed by atoms with Gasteiger partial charge in [-0.2, -0.15) is 0 Å². The summed E-state index contributed by atoms with van der Waals surface area (Å²) in [5.74, 6) is 0.761. The van der Waals surface area contributed by atoms with E-state index in [1.807, 2.05) is 0 Å². The summed E-state index contributed by atoms with van der Waals surface area (Å²) >= 11 is 0. The summed E-state index contributed by atoms with van der Waals surface area (Å²) in [6.07, 6.45) is 6.54. The lowest BCUT2D eigenvalue weighted by molar-refractivity contribution is 0.0600. The maximum absolute atomic E-state index is 11.7. The number of methoxy groups -OCH3 is 1. The van der Waals surface area contributed by atoms with Crippen molar-refractivity contribution in [3.63, 3.8) is 0 Å². The molecule has 1 saturated heterocycles. The van der Waals surface area contributed by atoms with Crippen LogP contribution in [-0.2, 0) is 9.47 Å². The largest absolute Gasteiger partial charge is 0.465 e. The molecule has 3 rings (SSSR count). The first kappa shape index (κ1) is 12.3. The Kier molecular flexibility index (Phi) is 3.33. The van der Waals surface area contributed by atoms with Crippen LogP contribution in [0.5, 0.6) is 0 Å². The van der Waals surface area contributed by atoms with E-state index in [1.54, 1.807) is 0 Å². The minimum absolute atomic E-state index is 0.214. The van der Waals surface area contributed by atoms with Crippen molar-refractivity contribution in [1.82, 2.24) is 9.97 Å². The molecule has 1 N–H and O–H groups in total. The summed E-state index contributed by atoms with van der Waals surface area (Å²) in [5, 5.41) is 3.32. The highest BCUT2D eigenvalue weighted by Gasteiger charge is 2.41. The highest BCUT2D eigenvalue weighted by Crippen LogP contribution is 2.39. The van der Waals surface area contributed by atoms with E-state index in [4.69, 9.17) is 9.47 Å². The first-order valence-corrected chi connectivity index (χ1v) is 6.56. The highest BCUT2D eigenvalue weighted by atomic mass is 16.5. The number of nitrogens with zero attached hydrogens (tertiary/aromatic N) is 2. The fourth-order valence-electron chi connectivity index (χ4n) is 2.53. The third-order valence-electron chi connectivity index (χ3n) is 3.66. The van der Waals surface area contributed by atoms with Gasteiger partial charge in [0.1, 0.15) is 17.7 Å². The Hall–Kier alpha value is -1.69. The zero-order valence-electron chi connectivity index (χ0n) is 10.8. The lowest BCUT2D eigenvalue weighted by Gasteiger charge is -2.20. The van der Waals surface area contributed by atoms with Crippen molar-refractivity contribution in [2.75, 3.05) is 19.0 Å². The van der Waals surface area contributed by atoms with Crippen molar-refractivity contribution < 1.29 is 14.3 Å². The van der Waals surface area contributed by atoms with Crippen LogP contribution in [0.1, 0.15) is 29.6 Å². The van der Waals surface area contributed by atoms with Crippen LogP contribution in [0.15, 0.2) is 12.5 Å². The Morgan fingerprint density at radius 1 is 1.47 bits per heavy atom. The van der Waals surface area contributed by atoms with Crippen molar-refractivity contribution in [2.24, 2.45) is 5.92 Å². The van der Waals surface area contributed by atoms with Crippen molar-refractivity contribution in [2.45, 2.75) is 31.4 Å². The van der Waals surface area contributed by atoms with Crippen LogP contribution in [-0.4, -0.2) is 41.8 Å². The molecule has 2 atom stereocenters. The zero-order chi connectivity index (χ0) is 13.2. The first-order chi connectivity index (χ1) is 9.29. The molecule has 0 spiro atoms. The maximum atomic E-state index is 11.7. The van der Waals surface area contributed by atoms with Gasteiger partial charge < -0.3 is 14.8 Å². The molecule has 1 aliphatic heterocycles. The average molecular weight is 263 g/mol. The van der Waals surface area contributed by atoms with Gasteiger partial charge in [0.15, 0.2) is 0 Å². The smallest absolute Gasteiger partial charge is 0.343 e. The Morgan fingerprint density at radius 3 is 3.05 bits per heavy atom. The third kappa shape index (κ3) is 2.53. The van der Waals surface area contributed by atoms with E-state index in [1.165, 1.54) is 32.5 Å². The van der Waals surface area contributed by atoms with Crippen LogP contribution >= 0.6 is 0 Å². The number of carbonyl (C=O) groups is 1. The van der Waals surface area contributed by atoms with E-state index in [-0.39, 0.29) is 12.1 Å². The zero-order valence-corrected chi connectivity index (χ0v) is 10.8. The highest BCUT2D eigenvalue weighted by molar-refractivity contribution is 5.94. The summed E-state index contributed by atoms with van der Waals surface area (Å²) < 4.78 is 10.5. The predicted octanol–water partition coefficient (Wildman–Crippen LogP) is 1.24. The maximum Gasteiger partial charge on any atom is 0.343 e. The molecule has 1 aromatic rings. The molecule has 1 aromatic heterocycles. The van der Waals surface area contributed by atoms with E-state index in [9.17, 15) is 4.79 Å². The van der Waals surface area contributed by atoms with E-state index in [2.05, 4.69) is 15.3 Å². The van der Waals surface area contributed by atoms with Crippen molar-refractivity contribution >= 4 is 11.8 Å². The van der Waals surface area contributed by atoms with Crippen molar-refractivity contribution in [3.8, 4) is 0 Å². The number of nitrogens with one attached hydrogen (secondary N) is 1. The number of rotatable bonds is 4. The number of anilines is 1. The Balaban J connectivity index is 1.77. The number of esters is 1. The molecule has 0 bridgehead atoms. The van der Waals surface area contributed by atoms with Crippen molar-refractivity contribution in [1.29, 1.82) is 0 Å². The van der Waals surface area contributed by atoms with Gasteiger partial charge in [0.25, 0.3) is 0 Å². The van der Waals surface area contributed by atoms with Crippen LogP contribution in [0.3, 0.4) is 0 Å². The first-order valence-electron chi connectivity index (χ1n) is 6.56. The fourth-order valence-corrected chi connectivity index (χ4v) is 2.53. The molecule has 0 radical (unpaired) electrons. The van der Waals surface area contributed by atoms with E-state index < -0.39 is 5.97 Å². The topological polar surface area (TPSA) is 73.3 Å². The lowest BCUT2D eigenvalue weighted by atomic mass is 10.1. The minimum atomic E-state index is -0.426. The van der Waals surface area contributed by atoms with Gasteiger partial charge in [-0.05, 0) is 25.2 Å². The lowest BCUT2D eigenvalue weighted by Crippen LogP contribution is -2.32. The second-order valence-corrected chi connectivity index (χ2v) is 4.99. The number of ether oxygens (including phenoxy) is 2. The van der Waals surface area contributed by atoms with Crippen LogP contribution in [0, 0.1) is 5.92 Å². The quantitative estimate of drug-likeness (QED) is 0.824. The molecular weight excluding hydrogens is 246 g/mol. The molecule has 6 heteroatoms. The number of hydrogen-bond donors (Lipinski definition) is 1. The normalized spacial score (nSPS) is 26.2. The molecule has 0 aromatic carbocycles. The summed E-state index contributed by atoms with van der Waals surface area (Å²) in [7, 11) is 1.35. The molecule has 2 heterocycles. The van der Waals surface area contributed by atoms with Gasteiger partial charge >= 0.3 is 5.97 Å². The van der Waals surface area contributed by atoms with Gasteiger partial charge in [-0.3, -0.25) is 0 Å². The van der Waals surface area contributed by atoms with Crippen LogP contribution < -0.4 is 5.32 Å². The standard InChI is InChI=1S/C13H17N3O3/c1-18-13(17)9-6-14-7-15-12(9)16-10-4-5-19-11(10)8-2-3-8/h6-8,10-11H,2-5H2,1H3,(H,14,15,16). The summed E-state index contributed by atoms with van der Waals surface area (Å²) in [6.45, 7) is 0.761. The molecule has 1 saturated carbocycles. The van der Waals surface area contributed by atoms with Crippen LogP contribution in [0.4, 0.5) is 5.82 Å². The molecule has 2 fully saturated rings. The fraction of sp³-hybridized carbons (Fsp3) is 0.615. The molecular formula is C13H17N3O3. The number of hydrogen-bond acceptors (Lipinski definition) is 6. The van der Waals surface area contributed by atoms with Crippen molar-refractivity contribution in [3.05, 3.63) is 18.1 Å². The van der Waals surface area contributed by atoms with Gasteiger partial charge in [0.05, 0.1) is 19.3 Å². The number of carbonyl (C=O) groups excluding carboxylic acids is 1. The monoisotopic (exact) mass is 263 g/mol. The van der Waals surface area contributed by atoms with Crippen LogP contribution in [0.2, 0.25) is 0 Å². The molecule has 102 valence electrons. The molecule has 6 nitrogen and oxygen atoms in total. The van der Waals surface area contributed by atoms with Gasteiger partial charge in [-0.15, -0.1) is 0 Å². The molecule has 0 amide bonds. The Bertz CT molecular complexity index is 476. The molecule has 1 aliphatic carbocycles. The third-order valence-corrected chi connectivity index (χ3v) is 3.66. The van der Waals surface area contributed by atoms with E-state index in [0.29, 0.717) is 17.3 Å². The summed E-state index contributed by atoms with van der Waals surface area (Å²) in [5.41, 5.74) is 0.367. The summed E-state index contributed by atoms with van der Waals surface area (Å²) in [6, 6.07) is 0.214. The molecule has 2 unspecified atom stereocenters. The minimum Gasteiger partial charge on any atom is -0.465 e. The Morgan fingerprint density at radius 2 is 2.32 bits per heavy atom. The SMILES string of the molecule is COC(=O)c1cncnc1NC1CCOC1C1CC1. The van der Waals surface area contributed by atoms with Gasteiger partial charge in [-0.1, -0.05) is 0 Å². The Labute approximate surface area is 111 Å². The average Bonchev–Trinajstić information content (AvgIpc) is 3.19. The predicted molar refractivity (Wildman–Crippen MR) is 67.9 cm³/mol. The van der Waals surface area contributed by atoms with Crippen LogP contribution in [0.25, 0.3) is 0 Å². The number of aromatic nitrogens is 2. The second kappa shape index (κ2) is 5.13.